The van der Waals surface area contributed by atoms with Crippen molar-refractivity contribution in [3.05, 3.63) is 30.3 Å². The maximum Gasteiger partial charge on any atom is 0.208 e. The number of rotatable bonds is 3. The number of benzene rings is 1. The molecule has 2 saturated heterocycles. The van der Waals surface area contributed by atoms with Gasteiger partial charge in [-0.05, 0) is 50.6 Å². The summed E-state index contributed by atoms with van der Waals surface area (Å²) in [5.74, 6) is 1.85. The van der Waals surface area contributed by atoms with Crippen molar-refractivity contribution in [2.24, 2.45) is 11.8 Å². The van der Waals surface area contributed by atoms with E-state index in [-0.39, 0.29) is 0 Å². The molecule has 3 heterocycles. The number of piperidine rings is 2. The van der Waals surface area contributed by atoms with Crippen LogP contribution < -0.4 is 10.2 Å². The highest BCUT2D eigenvalue weighted by molar-refractivity contribution is 7.18. The van der Waals surface area contributed by atoms with E-state index in [0.29, 0.717) is 0 Å². The van der Waals surface area contributed by atoms with Gasteiger partial charge in [0.1, 0.15) is 5.01 Å². The molecule has 0 amide bonds. The lowest BCUT2D eigenvalue weighted by atomic mass is 9.79. The Bertz CT molecular complexity index is 613. The molecule has 0 unspecified atom stereocenters. The fraction of sp³-hybridized carbons (Fsp3) is 0.556. The quantitative estimate of drug-likeness (QED) is 0.937. The van der Waals surface area contributed by atoms with Crippen LogP contribution in [0, 0.1) is 11.8 Å². The van der Waals surface area contributed by atoms with Crippen LogP contribution in [0.2, 0.25) is 0 Å². The summed E-state index contributed by atoms with van der Waals surface area (Å²) in [6, 6.07) is 10.4. The normalized spacial score (nSPS) is 20.8. The van der Waals surface area contributed by atoms with Gasteiger partial charge in [0.05, 0.1) is 0 Å². The van der Waals surface area contributed by atoms with Crippen molar-refractivity contribution in [1.29, 1.82) is 0 Å². The molecule has 2 aliphatic rings. The van der Waals surface area contributed by atoms with E-state index in [9.17, 15) is 0 Å². The zero-order valence-electron chi connectivity index (χ0n) is 13.4. The van der Waals surface area contributed by atoms with Crippen LogP contribution in [0.3, 0.4) is 0 Å². The van der Waals surface area contributed by atoms with Gasteiger partial charge in [-0.25, -0.2) is 0 Å². The van der Waals surface area contributed by atoms with Crippen molar-refractivity contribution in [1.82, 2.24) is 15.5 Å². The first-order chi connectivity index (χ1) is 11.4. The molecule has 1 aromatic heterocycles. The lowest BCUT2D eigenvalue weighted by Crippen LogP contribution is -2.39. The second kappa shape index (κ2) is 6.97. The first kappa shape index (κ1) is 15.1. The molecule has 2 fully saturated rings. The summed E-state index contributed by atoms with van der Waals surface area (Å²) in [5.41, 5.74) is 1.17. The van der Waals surface area contributed by atoms with E-state index in [0.717, 1.165) is 35.1 Å². The third-order valence-electron chi connectivity index (χ3n) is 5.30. The molecule has 0 spiro atoms. The molecule has 1 aromatic carbocycles. The van der Waals surface area contributed by atoms with Crippen LogP contribution in [0.4, 0.5) is 5.13 Å². The maximum atomic E-state index is 4.44. The van der Waals surface area contributed by atoms with E-state index in [1.165, 1.54) is 44.3 Å². The van der Waals surface area contributed by atoms with Crippen LogP contribution >= 0.6 is 11.3 Å². The summed E-state index contributed by atoms with van der Waals surface area (Å²) in [6.45, 7) is 4.69. The van der Waals surface area contributed by atoms with Gasteiger partial charge in [0.25, 0.3) is 0 Å². The number of hydrogen-bond donors (Lipinski definition) is 1. The van der Waals surface area contributed by atoms with Crippen molar-refractivity contribution < 1.29 is 0 Å². The Morgan fingerprint density at radius 3 is 2.35 bits per heavy atom. The topological polar surface area (TPSA) is 41.1 Å². The Morgan fingerprint density at radius 2 is 1.61 bits per heavy atom. The number of hydrogen-bond acceptors (Lipinski definition) is 5. The maximum absolute atomic E-state index is 4.44. The monoisotopic (exact) mass is 328 g/mol. The van der Waals surface area contributed by atoms with Crippen LogP contribution in [0.15, 0.2) is 30.3 Å². The minimum absolute atomic E-state index is 0.912. The Labute approximate surface area is 141 Å². The molecule has 0 saturated carbocycles. The Balaban J connectivity index is 1.38. The third kappa shape index (κ3) is 3.40. The predicted molar refractivity (Wildman–Crippen MR) is 95.9 cm³/mol. The van der Waals surface area contributed by atoms with E-state index in [1.807, 2.05) is 6.07 Å². The Morgan fingerprint density at radius 1 is 0.913 bits per heavy atom. The number of aromatic nitrogens is 2. The molecule has 0 radical (unpaired) electrons. The first-order valence-electron chi connectivity index (χ1n) is 8.75. The van der Waals surface area contributed by atoms with Gasteiger partial charge in [-0.15, -0.1) is 10.2 Å². The molecule has 4 rings (SSSR count). The molecule has 122 valence electrons. The van der Waals surface area contributed by atoms with Crippen molar-refractivity contribution in [3.63, 3.8) is 0 Å². The molecular weight excluding hydrogens is 304 g/mol. The molecular formula is C18H24N4S. The highest BCUT2D eigenvalue weighted by atomic mass is 32.1. The second-order valence-electron chi connectivity index (χ2n) is 6.67. The van der Waals surface area contributed by atoms with Crippen LogP contribution in [-0.4, -0.2) is 36.4 Å². The zero-order chi connectivity index (χ0) is 15.5. The van der Waals surface area contributed by atoms with Gasteiger partial charge in [0, 0.05) is 18.7 Å². The number of nitrogens with zero attached hydrogens (tertiary/aromatic N) is 3. The molecule has 2 aromatic rings. The molecule has 0 aliphatic carbocycles. The SMILES string of the molecule is c1ccc(-c2nnc(N3CCC(C4CCNCC4)CC3)s2)cc1. The van der Waals surface area contributed by atoms with Gasteiger partial charge in [-0.3, -0.25) is 0 Å². The Kier molecular flexibility index (Phi) is 4.57. The van der Waals surface area contributed by atoms with Crippen LogP contribution in [0.25, 0.3) is 10.6 Å². The van der Waals surface area contributed by atoms with E-state index in [2.05, 4.69) is 44.7 Å². The minimum Gasteiger partial charge on any atom is -0.347 e. The molecule has 0 bridgehead atoms. The Hall–Kier alpha value is -1.46. The number of nitrogens with one attached hydrogen (secondary N) is 1. The molecule has 23 heavy (non-hydrogen) atoms. The largest absolute Gasteiger partial charge is 0.347 e. The number of anilines is 1. The summed E-state index contributed by atoms with van der Waals surface area (Å²) >= 11 is 1.72. The van der Waals surface area contributed by atoms with Gasteiger partial charge in [0.15, 0.2) is 0 Å². The lowest BCUT2D eigenvalue weighted by molar-refractivity contribution is 0.222. The molecule has 2 aliphatic heterocycles. The smallest absolute Gasteiger partial charge is 0.208 e. The lowest BCUT2D eigenvalue weighted by Gasteiger charge is -2.37. The van der Waals surface area contributed by atoms with Gasteiger partial charge < -0.3 is 10.2 Å². The molecule has 1 N–H and O–H groups in total. The second-order valence-corrected chi connectivity index (χ2v) is 7.62. The van der Waals surface area contributed by atoms with Crippen molar-refractivity contribution >= 4 is 16.5 Å². The predicted octanol–water partition coefficient (Wildman–Crippen LogP) is 3.42. The average Bonchev–Trinajstić information content (AvgIpc) is 3.14. The van der Waals surface area contributed by atoms with E-state index in [4.69, 9.17) is 0 Å². The van der Waals surface area contributed by atoms with Gasteiger partial charge in [0.2, 0.25) is 5.13 Å². The molecule has 0 atom stereocenters. The van der Waals surface area contributed by atoms with Crippen molar-refractivity contribution in [2.75, 3.05) is 31.1 Å². The summed E-state index contributed by atoms with van der Waals surface area (Å²) < 4.78 is 0. The highest BCUT2D eigenvalue weighted by Gasteiger charge is 2.28. The summed E-state index contributed by atoms with van der Waals surface area (Å²) in [7, 11) is 0. The summed E-state index contributed by atoms with van der Waals surface area (Å²) in [6.07, 6.45) is 5.35. The van der Waals surface area contributed by atoms with Crippen LogP contribution in [-0.2, 0) is 0 Å². The van der Waals surface area contributed by atoms with Gasteiger partial charge >= 0.3 is 0 Å². The van der Waals surface area contributed by atoms with Crippen molar-refractivity contribution in [2.45, 2.75) is 25.7 Å². The zero-order valence-corrected chi connectivity index (χ0v) is 14.3. The molecule has 4 nitrogen and oxygen atoms in total. The van der Waals surface area contributed by atoms with Gasteiger partial charge in [-0.1, -0.05) is 41.7 Å². The fourth-order valence-electron chi connectivity index (χ4n) is 3.92. The van der Waals surface area contributed by atoms with Crippen LogP contribution in [0.5, 0.6) is 0 Å². The third-order valence-corrected chi connectivity index (χ3v) is 6.33. The molecule has 5 heteroatoms. The average molecular weight is 328 g/mol. The van der Waals surface area contributed by atoms with E-state index < -0.39 is 0 Å². The van der Waals surface area contributed by atoms with E-state index in [1.54, 1.807) is 11.3 Å². The van der Waals surface area contributed by atoms with Crippen LogP contribution in [0.1, 0.15) is 25.7 Å². The van der Waals surface area contributed by atoms with Crippen molar-refractivity contribution in [3.8, 4) is 10.6 Å². The first-order valence-corrected chi connectivity index (χ1v) is 9.56. The fourth-order valence-corrected chi connectivity index (χ4v) is 4.82. The van der Waals surface area contributed by atoms with E-state index >= 15 is 0 Å². The highest BCUT2D eigenvalue weighted by Crippen LogP contribution is 2.34. The minimum atomic E-state index is 0.912. The summed E-state index contributed by atoms with van der Waals surface area (Å²) in [5, 5.41) is 14.4. The van der Waals surface area contributed by atoms with Gasteiger partial charge in [-0.2, -0.15) is 0 Å². The summed E-state index contributed by atoms with van der Waals surface area (Å²) in [4.78, 5) is 2.43. The standard InChI is InChI=1S/C18H24N4S/c1-2-4-16(5-3-1)17-20-21-18(23-17)22-12-8-15(9-13-22)14-6-10-19-11-7-14/h1-5,14-15,19H,6-13H2.